The summed E-state index contributed by atoms with van der Waals surface area (Å²) in [7, 11) is 0. The number of carbonyl (C=O) groups is 2. The standard InChI is InChI=1S/C23H43NO3.Na.H/c1-4-5-6-7-8-9-10-11-12-13-14-15-16-17-18-19-21(25)27-23(26)22(24)20(2)3;;/h11-12,20,22H,4-10,13-19,24H2,1-3H3;;/q;+1;-1/b12-11-;;. The van der Waals surface area contributed by atoms with E-state index in [4.69, 9.17) is 10.5 Å². The summed E-state index contributed by atoms with van der Waals surface area (Å²) >= 11 is 0. The Balaban J connectivity index is -0.00000338. The van der Waals surface area contributed by atoms with Crippen LogP contribution in [0.25, 0.3) is 0 Å². The van der Waals surface area contributed by atoms with E-state index in [-0.39, 0.29) is 36.9 Å². The van der Waals surface area contributed by atoms with Gasteiger partial charge in [0.1, 0.15) is 6.04 Å². The van der Waals surface area contributed by atoms with Crippen LogP contribution in [0.5, 0.6) is 0 Å². The van der Waals surface area contributed by atoms with Gasteiger partial charge in [0, 0.05) is 6.42 Å². The van der Waals surface area contributed by atoms with Crippen LogP contribution in [0.4, 0.5) is 0 Å². The van der Waals surface area contributed by atoms with Gasteiger partial charge in [0.15, 0.2) is 0 Å². The van der Waals surface area contributed by atoms with Crippen LogP contribution in [0.1, 0.15) is 112 Å². The maximum atomic E-state index is 11.6. The Bertz CT molecular complexity index is 417. The van der Waals surface area contributed by atoms with Crippen LogP contribution in [-0.2, 0) is 14.3 Å². The van der Waals surface area contributed by atoms with E-state index in [0.29, 0.717) is 6.42 Å². The molecule has 0 aromatic carbocycles. The van der Waals surface area contributed by atoms with Crippen molar-refractivity contribution >= 4 is 11.9 Å². The Morgan fingerprint density at radius 3 is 1.82 bits per heavy atom. The summed E-state index contributed by atoms with van der Waals surface area (Å²) in [5.74, 6) is -1.08. The van der Waals surface area contributed by atoms with Gasteiger partial charge in [0.25, 0.3) is 0 Å². The van der Waals surface area contributed by atoms with E-state index in [2.05, 4.69) is 19.1 Å². The second-order valence-electron chi connectivity index (χ2n) is 7.90. The van der Waals surface area contributed by atoms with E-state index in [1.807, 2.05) is 13.8 Å². The summed E-state index contributed by atoms with van der Waals surface area (Å²) in [6.45, 7) is 5.92. The molecule has 1 atom stereocenters. The van der Waals surface area contributed by atoms with Gasteiger partial charge in [-0.25, -0.2) is 4.79 Å². The molecule has 4 nitrogen and oxygen atoms in total. The molecule has 0 aliphatic heterocycles. The Kier molecular flexibility index (Phi) is 23.1. The minimum absolute atomic E-state index is 0. The zero-order valence-electron chi connectivity index (χ0n) is 20.0. The molecule has 0 heterocycles. The predicted molar refractivity (Wildman–Crippen MR) is 114 cm³/mol. The summed E-state index contributed by atoms with van der Waals surface area (Å²) in [4.78, 5) is 23.2. The molecule has 0 aromatic heterocycles. The Hall–Kier alpha value is -0.160. The molecule has 1 unspecified atom stereocenters. The van der Waals surface area contributed by atoms with Gasteiger partial charge in [-0.05, 0) is 38.0 Å². The maximum Gasteiger partial charge on any atom is 1.00 e. The number of rotatable bonds is 17. The third-order valence-electron chi connectivity index (χ3n) is 4.85. The average molecular weight is 406 g/mol. The Morgan fingerprint density at radius 1 is 0.857 bits per heavy atom. The summed E-state index contributed by atoms with van der Waals surface area (Å²) in [5.41, 5.74) is 5.66. The predicted octanol–water partition coefficient (Wildman–Crippen LogP) is 3.19. The number of hydrogen-bond acceptors (Lipinski definition) is 4. The number of ether oxygens (including phenoxy) is 1. The first-order chi connectivity index (χ1) is 13.0. The quantitative estimate of drug-likeness (QED) is 0.133. The smallest absolute Gasteiger partial charge is 1.00 e. The topological polar surface area (TPSA) is 69.4 Å². The minimum atomic E-state index is -0.719. The molecule has 0 aliphatic carbocycles. The molecule has 0 bridgehead atoms. The zero-order valence-corrected chi connectivity index (χ0v) is 21.0. The molecule has 0 rings (SSSR count). The van der Waals surface area contributed by atoms with Crippen molar-refractivity contribution in [2.24, 2.45) is 11.7 Å². The van der Waals surface area contributed by atoms with E-state index >= 15 is 0 Å². The summed E-state index contributed by atoms with van der Waals surface area (Å²) in [6.07, 6.45) is 20.8. The fraction of sp³-hybridized carbons (Fsp3) is 0.826. The monoisotopic (exact) mass is 405 g/mol. The van der Waals surface area contributed by atoms with Crippen molar-refractivity contribution in [3.8, 4) is 0 Å². The second-order valence-corrected chi connectivity index (χ2v) is 7.90. The van der Waals surface area contributed by atoms with Gasteiger partial charge in [0.2, 0.25) is 0 Å². The van der Waals surface area contributed by atoms with Crippen LogP contribution in [0, 0.1) is 5.92 Å². The van der Waals surface area contributed by atoms with Crippen molar-refractivity contribution in [2.45, 2.75) is 117 Å². The fourth-order valence-corrected chi connectivity index (χ4v) is 2.84. The molecule has 0 amide bonds. The third kappa shape index (κ3) is 19.2. The molecule has 0 fully saturated rings. The van der Waals surface area contributed by atoms with Crippen molar-refractivity contribution in [2.75, 3.05) is 0 Å². The normalized spacial score (nSPS) is 12.2. The van der Waals surface area contributed by atoms with Gasteiger partial charge >= 0.3 is 41.5 Å². The van der Waals surface area contributed by atoms with Crippen molar-refractivity contribution in [3.05, 3.63) is 12.2 Å². The number of nitrogens with two attached hydrogens (primary N) is 1. The summed E-state index contributed by atoms with van der Waals surface area (Å²) in [6, 6.07) is -0.719. The summed E-state index contributed by atoms with van der Waals surface area (Å²) in [5, 5.41) is 0. The van der Waals surface area contributed by atoms with Crippen LogP contribution in [0.2, 0.25) is 0 Å². The zero-order chi connectivity index (χ0) is 20.3. The largest absolute Gasteiger partial charge is 1.00 e. The van der Waals surface area contributed by atoms with Crippen molar-refractivity contribution in [1.82, 2.24) is 0 Å². The molecular weight excluding hydrogens is 361 g/mol. The first kappa shape index (κ1) is 30.0. The molecular formula is C23H44NNaO3. The van der Waals surface area contributed by atoms with Crippen LogP contribution >= 0.6 is 0 Å². The van der Waals surface area contributed by atoms with Crippen LogP contribution in [-0.4, -0.2) is 18.0 Å². The summed E-state index contributed by atoms with van der Waals surface area (Å²) < 4.78 is 4.78. The van der Waals surface area contributed by atoms with Crippen LogP contribution in [0.15, 0.2) is 12.2 Å². The maximum absolute atomic E-state index is 11.6. The molecule has 160 valence electrons. The molecule has 0 spiro atoms. The van der Waals surface area contributed by atoms with Gasteiger partial charge in [-0.2, -0.15) is 0 Å². The molecule has 0 saturated heterocycles. The third-order valence-corrected chi connectivity index (χ3v) is 4.85. The van der Waals surface area contributed by atoms with E-state index < -0.39 is 18.0 Å². The average Bonchev–Trinajstić information content (AvgIpc) is 2.64. The van der Waals surface area contributed by atoms with E-state index in [9.17, 15) is 9.59 Å². The van der Waals surface area contributed by atoms with Crippen LogP contribution in [0.3, 0.4) is 0 Å². The second kappa shape index (κ2) is 21.5. The fourth-order valence-electron chi connectivity index (χ4n) is 2.84. The molecule has 5 heteroatoms. The number of unbranched alkanes of at least 4 members (excludes halogenated alkanes) is 11. The van der Waals surface area contributed by atoms with Gasteiger partial charge in [-0.3, -0.25) is 4.79 Å². The minimum Gasteiger partial charge on any atom is -1.00 e. The van der Waals surface area contributed by atoms with Gasteiger partial charge in [-0.1, -0.05) is 84.3 Å². The molecule has 0 saturated carbocycles. The van der Waals surface area contributed by atoms with E-state index in [1.165, 1.54) is 57.8 Å². The molecule has 0 aliphatic rings. The van der Waals surface area contributed by atoms with Gasteiger partial charge < -0.3 is 11.9 Å². The van der Waals surface area contributed by atoms with E-state index in [0.717, 1.165) is 25.7 Å². The number of hydrogen-bond donors (Lipinski definition) is 1. The van der Waals surface area contributed by atoms with Gasteiger partial charge in [0.05, 0.1) is 0 Å². The van der Waals surface area contributed by atoms with Crippen molar-refractivity contribution in [3.63, 3.8) is 0 Å². The Morgan fingerprint density at radius 2 is 1.32 bits per heavy atom. The van der Waals surface area contributed by atoms with Crippen LogP contribution < -0.4 is 35.3 Å². The number of esters is 2. The molecule has 28 heavy (non-hydrogen) atoms. The first-order valence-corrected chi connectivity index (χ1v) is 11.1. The van der Waals surface area contributed by atoms with Crippen molar-refractivity contribution < 1.29 is 45.3 Å². The Labute approximate surface area is 197 Å². The SMILES string of the molecule is CCCCCCCC/C=C\CCCCCCCC(=O)OC(=O)C(N)C(C)C.[H-].[Na+]. The molecule has 0 aromatic rings. The number of allylic oxidation sites excluding steroid dienone is 2. The first-order valence-electron chi connectivity index (χ1n) is 11.1. The molecule has 2 N–H and O–H groups in total. The van der Waals surface area contributed by atoms with E-state index in [1.54, 1.807) is 0 Å². The van der Waals surface area contributed by atoms with Crippen molar-refractivity contribution in [1.29, 1.82) is 0 Å². The number of carbonyl (C=O) groups excluding carboxylic acids is 2. The molecule has 0 radical (unpaired) electrons. The van der Waals surface area contributed by atoms with Gasteiger partial charge in [-0.15, -0.1) is 0 Å².